The Balaban J connectivity index is 2.65. The summed E-state index contributed by atoms with van der Waals surface area (Å²) in [7, 11) is 1.74. The molecule has 1 heterocycles. The van der Waals surface area contributed by atoms with E-state index in [1.54, 1.807) is 24.9 Å². The molecule has 19 heavy (non-hydrogen) atoms. The van der Waals surface area contributed by atoms with Crippen LogP contribution in [0, 0.1) is 0 Å². The third-order valence-corrected chi connectivity index (χ3v) is 2.99. The largest absolute Gasteiger partial charge is 0.475 e. The highest BCUT2D eigenvalue weighted by molar-refractivity contribution is 5.84. The number of furan rings is 1. The number of carbonyl (C=O) groups is 2. The SMILES string of the molecule is CCN(C)C(=O)C(C)NC(C)c1ccc(C(=O)O)o1. The van der Waals surface area contributed by atoms with Gasteiger partial charge in [-0.15, -0.1) is 0 Å². The fourth-order valence-corrected chi connectivity index (χ4v) is 1.72. The molecule has 0 aliphatic rings. The highest BCUT2D eigenvalue weighted by Crippen LogP contribution is 2.17. The van der Waals surface area contributed by atoms with Crippen molar-refractivity contribution in [3.05, 3.63) is 23.7 Å². The predicted molar refractivity (Wildman–Crippen MR) is 70.0 cm³/mol. The van der Waals surface area contributed by atoms with E-state index in [1.807, 2.05) is 13.8 Å². The van der Waals surface area contributed by atoms with E-state index in [2.05, 4.69) is 5.32 Å². The quantitative estimate of drug-likeness (QED) is 0.817. The summed E-state index contributed by atoms with van der Waals surface area (Å²) >= 11 is 0. The molecule has 2 N–H and O–H groups in total. The molecule has 6 nitrogen and oxygen atoms in total. The van der Waals surface area contributed by atoms with Crippen LogP contribution in [0.1, 0.15) is 43.1 Å². The molecule has 1 aromatic heterocycles. The number of hydrogen-bond donors (Lipinski definition) is 2. The molecule has 2 atom stereocenters. The molecule has 6 heteroatoms. The molecular formula is C13H20N2O4. The lowest BCUT2D eigenvalue weighted by Crippen LogP contribution is -2.43. The van der Waals surface area contributed by atoms with Crippen molar-refractivity contribution < 1.29 is 19.1 Å². The number of rotatable bonds is 6. The van der Waals surface area contributed by atoms with Gasteiger partial charge in [0.05, 0.1) is 12.1 Å². The molecule has 0 bridgehead atoms. The van der Waals surface area contributed by atoms with Crippen LogP contribution in [0.25, 0.3) is 0 Å². The number of hydrogen-bond acceptors (Lipinski definition) is 4. The monoisotopic (exact) mass is 268 g/mol. The fraction of sp³-hybridized carbons (Fsp3) is 0.538. The fourth-order valence-electron chi connectivity index (χ4n) is 1.72. The summed E-state index contributed by atoms with van der Waals surface area (Å²) in [5.74, 6) is -0.725. The number of likely N-dealkylation sites (N-methyl/N-ethyl adjacent to an activating group) is 1. The van der Waals surface area contributed by atoms with Crippen LogP contribution in [0.2, 0.25) is 0 Å². The van der Waals surface area contributed by atoms with Gasteiger partial charge in [-0.2, -0.15) is 0 Å². The van der Waals surface area contributed by atoms with Crippen LogP contribution in [0.4, 0.5) is 0 Å². The van der Waals surface area contributed by atoms with Crippen LogP contribution in [0.5, 0.6) is 0 Å². The maximum atomic E-state index is 11.9. The Morgan fingerprint density at radius 2 is 2.05 bits per heavy atom. The van der Waals surface area contributed by atoms with Crippen molar-refractivity contribution in [1.82, 2.24) is 10.2 Å². The van der Waals surface area contributed by atoms with Crippen LogP contribution in [0.15, 0.2) is 16.5 Å². The van der Waals surface area contributed by atoms with Crippen LogP contribution in [-0.2, 0) is 4.79 Å². The van der Waals surface area contributed by atoms with Crippen molar-refractivity contribution in [2.45, 2.75) is 32.9 Å². The molecule has 1 aromatic rings. The van der Waals surface area contributed by atoms with Crippen LogP contribution in [-0.4, -0.2) is 41.5 Å². The summed E-state index contributed by atoms with van der Waals surface area (Å²) in [6, 6.07) is 2.40. The van der Waals surface area contributed by atoms with E-state index in [0.717, 1.165) is 0 Å². The number of carboxylic acids is 1. The molecular weight excluding hydrogens is 248 g/mol. The van der Waals surface area contributed by atoms with Crippen LogP contribution >= 0.6 is 0 Å². The topological polar surface area (TPSA) is 82.8 Å². The van der Waals surface area contributed by atoms with E-state index in [4.69, 9.17) is 9.52 Å². The Labute approximate surface area is 112 Å². The second-order valence-corrected chi connectivity index (χ2v) is 4.47. The van der Waals surface area contributed by atoms with Crippen molar-refractivity contribution in [1.29, 1.82) is 0 Å². The summed E-state index contributed by atoms with van der Waals surface area (Å²) < 4.78 is 5.19. The minimum absolute atomic E-state index is 0.0145. The maximum Gasteiger partial charge on any atom is 0.371 e. The normalized spacial score (nSPS) is 13.9. The first kappa shape index (κ1) is 15.2. The molecule has 0 fully saturated rings. The molecule has 0 radical (unpaired) electrons. The van der Waals surface area contributed by atoms with E-state index in [9.17, 15) is 9.59 Å². The number of nitrogens with one attached hydrogen (secondary N) is 1. The van der Waals surface area contributed by atoms with Gasteiger partial charge in [-0.25, -0.2) is 4.79 Å². The second kappa shape index (κ2) is 6.38. The average Bonchev–Trinajstić information content (AvgIpc) is 2.86. The number of aromatic carboxylic acids is 1. The van der Waals surface area contributed by atoms with E-state index in [0.29, 0.717) is 12.3 Å². The van der Waals surface area contributed by atoms with Crippen molar-refractivity contribution in [2.75, 3.05) is 13.6 Å². The first-order valence-electron chi connectivity index (χ1n) is 6.20. The van der Waals surface area contributed by atoms with Crippen LogP contribution < -0.4 is 5.32 Å². The maximum absolute atomic E-state index is 11.9. The van der Waals surface area contributed by atoms with Gasteiger partial charge < -0.3 is 14.4 Å². The number of nitrogens with zero attached hydrogens (tertiary/aromatic N) is 1. The smallest absolute Gasteiger partial charge is 0.371 e. The van der Waals surface area contributed by atoms with Gasteiger partial charge in [-0.05, 0) is 32.9 Å². The predicted octanol–water partition coefficient (Wildman–Crippen LogP) is 1.50. The standard InChI is InChI=1S/C13H20N2O4/c1-5-15(4)12(16)9(3)14-8(2)10-6-7-11(19-10)13(17)18/h6-9,14H,5H2,1-4H3,(H,17,18). The molecule has 2 unspecified atom stereocenters. The van der Waals surface area contributed by atoms with Gasteiger partial charge in [0.2, 0.25) is 11.7 Å². The highest BCUT2D eigenvalue weighted by Gasteiger charge is 2.21. The summed E-state index contributed by atoms with van der Waals surface area (Å²) in [6.45, 7) is 6.13. The van der Waals surface area contributed by atoms with Crippen molar-refractivity contribution >= 4 is 11.9 Å². The summed E-state index contributed by atoms with van der Waals surface area (Å²) in [5, 5.41) is 11.9. The molecule has 0 aliphatic heterocycles. The Morgan fingerprint density at radius 1 is 1.42 bits per heavy atom. The molecule has 0 aliphatic carbocycles. The van der Waals surface area contributed by atoms with Crippen molar-refractivity contribution in [3.8, 4) is 0 Å². The minimum atomic E-state index is -1.10. The van der Waals surface area contributed by atoms with Crippen molar-refractivity contribution in [3.63, 3.8) is 0 Å². The van der Waals surface area contributed by atoms with Gasteiger partial charge in [0.25, 0.3) is 0 Å². The molecule has 1 amide bonds. The van der Waals surface area contributed by atoms with Crippen LogP contribution in [0.3, 0.4) is 0 Å². The Kier molecular flexibility index (Phi) is 5.11. The zero-order valence-electron chi connectivity index (χ0n) is 11.6. The van der Waals surface area contributed by atoms with E-state index in [-0.39, 0.29) is 23.8 Å². The lowest BCUT2D eigenvalue weighted by Gasteiger charge is -2.23. The van der Waals surface area contributed by atoms with E-state index < -0.39 is 5.97 Å². The minimum Gasteiger partial charge on any atom is -0.475 e. The highest BCUT2D eigenvalue weighted by atomic mass is 16.4. The van der Waals surface area contributed by atoms with E-state index in [1.165, 1.54) is 6.07 Å². The van der Waals surface area contributed by atoms with Gasteiger partial charge in [0, 0.05) is 13.6 Å². The molecule has 0 saturated carbocycles. The zero-order chi connectivity index (χ0) is 14.6. The first-order valence-corrected chi connectivity index (χ1v) is 6.20. The number of carbonyl (C=O) groups excluding carboxylic acids is 1. The summed E-state index contributed by atoms with van der Waals surface area (Å²) in [4.78, 5) is 24.2. The molecule has 1 rings (SSSR count). The Morgan fingerprint density at radius 3 is 2.53 bits per heavy atom. The second-order valence-electron chi connectivity index (χ2n) is 4.47. The average molecular weight is 268 g/mol. The third-order valence-electron chi connectivity index (χ3n) is 2.99. The zero-order valence-corrected chi connectivity index (χ0v) is 11.6. The molecule has 0 saturated heterocycles. The van der Waals surface area contributed by atoms with Gasteiger partial charge in [0.15, 0.2) is 0 Å². The lowest BCUT2D eigenvalue weighted by molar-refractivity contribution is -0.131. The first-order chi connectivity index (χ1) is 8.86. The lowest BCUT2D eigenvalue weighted by atomic mass is 10.2. The van der Waals surface area contributed by atoms with Crippen molar-refractivity contribution in [2.24, 2.45) is 0 Å². The summed E-state index contributed by atoms with van der Waals surface area (Å²) in [6.07, 6.45) is 0. The number of amides is 1. The third kappa shape index (κ3) is 3.82. The van der Waals surface area contributed by atoms with Gasteiger partial charge >= 0.3 is 5.97 Å². The Hall–Kier alpha value is -1.82. The molecule has 0 spiro atoms. The molecule has 0 aromatic carbocycles. The number of carboxylic acid groups (broad SMARTS) is 1. The Bertz CT molecular complexity index is 455. The summed E-state index contributed by atoms with van der Waals surface area (Å²) in [5.41, 5.74) is 0. The van der Waals surface area contributed by atoms with E-state index >= 15 is 0 Å². The van der Waals surface area contributed by atoms with Gasteiger partial charge in [0.1, 0.15) is 5.76 Å². The van der Waals surface area contributed by atoms with Gasteiger partial charge in [-0.1, -0.05) is 0 Å². The van der Waals surface area contributed by atoms with Gasteiger partial charge in [-0.3, -0.25) is 10.1 Å². The molecule has 106 valence electrons.